The van der Waals surface area contributed by atoms with Gasteiger partial charge in [0.2, 0.25) is 0 Å². The maximum atomic E-state index is 13.9. The molecule has 0 bridgehead atoms. The molecule has 4 heteroatoms. The number of carbonyl (C=O) groups is 1. The van der Waals surface area contributed by atoms with Crippen LogP contribution in [0.3, 0.4) is 0 Å². The summed E-state index contributed by atoms with van der Waals surface area (Å²) in [5, 5.41) is 8.36. The van der Waals surface area contributed by atoms with Crippen LogP contribution in [-0.2, 0) is 11.0 Å². The quantitative estimate of drug-likeness (QED) is 0.253. The maximum Gasteiger partial charge on any atom is 0.169 e. The Bertz CT molecular complexity index is 1350. The van der Waals surface area contributed by atoms with E-state index in [1.165, 1.54) is 22.3 Å². The summed E-state index contributed by atoms with van der Waals surface area (Å²) in [5.74, 6) is 0.990. The molecule has 0 radical (unpaired) electrons. The van der Waals surface area contributed by atoms with Gasteiger partial charge in [0.1, 0.15) is 5.82 Å². The fourth-order valence-corrected chi connectivity index (χ4v) is 5.90. The summed E-state index contributed by atoms with van der Waals surface area (Å²) in [6, 6.07) is 29.8. The van der Waals surface area contributed by atoms with Crippen molar-refractivity contribution < 1.29 is 4.79 Å². The number of hydrogen-bond donors (Lipinski definition) is 1. The molecule has 4 nitrogen and oxygen atoms in total. The molecule has 190 valence electrons. The predicted molar refractivity (Wildman–Crippen MR) is 152 cm³/mol. The van der Waals surface area contributed by atoms with Crippen molar-refractivity contribution in [1.82, 2.24) is 9.78 Å². The van der Waals surface area contributed by atoms with Crippen LogP contribution in [0.4, 0.5) is 5.82 Å². The number of nitrogens with zero attached hydrogens (tertiary/aromatic N) is 2. The SMILES string of the molecule is CCC(CC)(CC(=O)c1cnn2c1NC(c1ccccc1)CC2(C)C)c1ccc(-c2ccccc2)cc1. The first-order chi connectivity index (χ1) is 17.9. The zero-order valence-electron chi connectivity index (χ0n) is 22.4. The Balaban J connectivity index is 1.44. The third-order valence-corrected chi connectivity index (χ3v) is 8.32. The number of carbonyl (C=O) groups excluding carboxylic acids is 1. The Morgan fingerprint density at radius 3 is 2.14 bits per heavy atom. The second-order valence-corrected chi connectivity index (χ2v) is 11.0. The number of Topliss-reactive ketones (excluding diaryl/α,β-unsaturated/α-hetero) is 1. The van der Waals surface area contributed by atoms with Gasteiger partial charge >= 0.3 is 0 Å². The van der Waals surface area contributed by atoms with Gasteiger partial charge in [-0.3, -0.25) is 4.79 Å². The number of anilines is 1. The number of fused-ring (bicyclic) bond motifs is 1. The molecule has 37 heavy (non-hydrogen) atoms. The lowest BCUT2D eigenvalue weighted by molar-refractivity contribution is 0.0944. The highest BCUT2D eigenvalue weighted by molar-refractivity contribution is 6.01. The zero-order valence-corrected chi connectivity index (χ0v) is 22.4. The minimum Gasteiger partial charge on any atom is -0.363 e. The molecule has 0 amide bonds. The van der Waals surface area contributed by atoms with Crippen molar-refractivity contribution in [3.63, 3.8) is 0 Å². The minimum atomic E-state index is -0.218. The molecule has 1 aliphatic rings. The van der Waals surface area contributed by atoms with Crippen LogP contribution >= 0.6 is 0 Å². The second kappa shape index (κ2) is 10.0. The number of benzene rings is 3. The third-order valence-electron chi connectivity index (χ3n) is 8.32. The molecule has 3 aromatic carbocycles. The summed E-state index contributed by atoms with van der Waals surface area (Å²) in [7, 11) is 0. The number of ketones is 1. The topological polar surface area (TPSA) is 46.9 Å². The molecule has 0 saturated heterocycles. The number of aromatic nitrogens is 2. The van der Waals surface area contributed by atoms with Crippen molar-refractivity contribution in [3.8, 4) is 11.1 Å². The van der Waals surface area contributed by atoms with E-state index in [1.807, 2.05) is 16.8 Å². The molecule has 5 rings (SSSR count). The van der Waals surface area contributed by atoms with E-state index in [4.69, 9.17) is 5.10 Å². The smallest absolute Gasteiger partial charge is 0.169 e. The molecule has 0 saturated carbocycles. The molecule has 1 unspecified atom stereocenters. The third kappa shape index (κ3) is 4.73. The Morgan fingerprint density at radius 1 is 0.919 bits per heavy atom. The molecule has 2 heterocycles. The highest BCUT2D eigenvalue weighted by Gasteiger charge is 2.38. The van der Waals surface area contributed by atoms with Crippen LogP contribution in [0.1, 0.15) is 80.9 Å². The van der Waals surface area contributed by atoms with Gasteiger partial charge in [0.15, 0.2) is 5.78 Å². The predicted octanol–water partition coefficient (Wildman–Crippen LogP) is 8.17. The number of nitrogens with one attached hydrogen (secondary N) is 1. The minimum absolute atomic E-state index is 0.139. The molecular weight excluding hydrogens is 454 g/mol. The first-order valence-corrected chi connectivity index (χ1v) is 13.5. The van der Waals surface area contributed by atoms with Crippen molar-refractivity contribution in [1.29, 1.82) is 0 Å². The van der Waals surface area contributed by atoms with Gasteiger partial charge in [-0.05, 0) is 55.4 Å². The Labute approximate surface area is 220 Å². The Hall–Kier alpha value is -3.66. The Morgan fingerprint density at radius 2 is 1.51 bits per heavy atom. The largest absolute Gasteiger partial charge is 0.363 e. The lowest BCUT2D eigenvalue weighted by atomic mass is 9.71. The van der Waals surface area contributed by atoms with Crippen molar-refractivity contribution in [2.24, 2.45) is 0 Å². The van der Waals surface area contributed by atoms with Gasteiger partial charge in [0.05, 0.1) is 23.3 Å². The molecule has 1 aromatic heterocycles. The van der Waals surface area contributed by atoms with E-state index in [1.54, 1.807) is 6.20 Å². The van der Waals surface area contributed by atoms with E-state index in [0.717, 1.165) is 25.1 Å². The first kappa shape index (κ1) is 25.0. The Kier molecular flexibility index (Phi) is 6.76. The van der Waals surface area contributed by atoms with Gasteiger partial charge in [-0.15, -0.1) is 0 Å². The fraction of sp³-hybridized carbons (Fsp3) is 0.333. The molecule has 0 aliphatic carbocycles. The fourth-order valence-electron chi connectivity index (χ4n) is 5.90. The average Bonchev–Trinajstić information content (AvgIpc) is 3.38. The van der Waals surface area contributed by atoms with E-state index < -0.39 is 0 Å². The molecule has 0 spiro atoms. The van der Waals surface area contributed by atoms with Crippen LogP contribution in [0.2, 0.25) is 0 Å². The van der Waals surface area contributed by atoms with Crippen molar-refractivity contribution >= 4 is 11.6 Å². The van der Waals surface area contributed by atoms with Crippen LogP contribution in [0.5, 0.6) is 0 Å². The van der Waals surface area contributed by atoms with E-state index in [9.17, 15) is 4.79 Å². The van der Waals surface area contributed by atoms with E-state index >= 15 is 0 Å². The normalized spacial score (nSPS) is 16.6. The van der Waals surface area contributed by atoms with Gasteiger partial charge in [0.25, 0.3) is 0 Å². The molecule has 1 atom stereocenters. The van der Waals surface area contributed by atoms with Gasteiger partial charge < -0.3 is 5.32 Å². The van der Waals surface area contributed by atoms with Crippen LogP contribution in [0.15, 0.2) is 91.1 Å². The molecule has 1 aliphatic heterocycles. The summed E-state index contributed by atoms with van der Waals surface area (Å²) in [6.45, 7) is 8.79. The lowest BCUT2D eigenvalue weighted by Crippen LogP contribution is -2.38. The van der Waals surface area contributed by atoms with E-state index in [-0.39, 0.29) is 22.8 Å². The van der Waals surface area contributed by atoms with Gasteiger partial charge in [-0.25, -0.2) is 4.68 Å². The van der Waals surface area contributed by atoms with Crippen molar-refractivity contribution in [2.45, 2.75) is 70.4 Å². The highest BCUT2D eigenvalue weighted by atomic mass is 16.1. The number of hydrogen-bond acceptors (Lipinski definition) is 3. The number of rotatable bonds is 8. The first-order valence-electron chi connectivity index (χ1n) is 13.5. The summed E-state index contributed by atoms with van der Waals surface area (Å²) in [5.41, 5.74) is 5.14. The summed E-state index contributed by atoms with van der Waals surface area (Å²) < 4.78 is 2.01. The lowest BCUT2D eigenvalue weighted by Gasteiger charge is -2.38. The van der Waals surface area contributed by atoms with Crippen molar-refractivity contribution in [3.05, 3.63) is 108 Å². The standard InChI is InChI=1S/C33H37N3O/c1-5-33(6-2,27-19-17-25(18-20-27)24-13-9-7-10-14-24)22-30(37)28-23-34-36-31(28)35-29(21-32(36,3)4)26-15-11-8-12-16-26/h7-20,23,29,35H,5-6,21-22H2,1-4H3. The highest BCUT2D eigenvalue weighted by Crippen LogP contribution is 2.42. The second-order valence-electron chi connectivity index (χ2n) is 11.0. The average molecular weight is 492 g/mol. The van der Waals surface area contributed by atoms with Gasteiger partial charge in [-0.2, -0.15) is 5.10 Å². The maximum absolute atomic E-state index is 13.9. The van der Waals surface area contributed by atoms with Crippen molar-refractivity contribution in [2.75, 3.05) is 5.32 Å². The van der Waals surface area contributed by atoms with E-state index in [2.05, 4.69) is 106 Å². The molecule has 4 aromatic rings. The van der Waals surface area contributed by atoms with Crippen LogP contribution in [-0.4, -0.2) is 15.6 Å². The van der Waals surface area contributed by atoms with Crippen LogP contribution in [0, 0.1) is 0 Å². The summed E-state index contributed by atoms with van der Waals surface area (Å²) in [6.07, 6.45) is 4.93. The van der Waals surface area contributed by atoms with Gasteiger partial charge in [0, 0.05) is 11.8 Å². The van der Waals surface area contributed by atoms with Gasteiger partial charge in [-0.1, -0.05) is 98.8 Å². The summed E-state index contributed by atoms with van der Waals surface area (Å²) >= 11 is 0. The molecule has 0 fully saturated rings. The molecule has 1 N–H and O–H groups in total. The van der Waals surface area contributed by atoms with Crippen LogP contribution in [0.25, 0.3) is 11.1 Å². The molecular formula is C33H37N3O. The summed E-state index contributed by atoms with van der Waals surface area (Å²) in [4.78, 5) is 13.9. The van der Waals surface area contributed by atoms with Crippen LogP contribution < -0.4 is 5.32 Å². The monoisotopic (exact) mass is 491 g/mol. The van der Waals surface area contributed by atoms with E-state index in [0.29, 0.717) is 12.0 Å². The zero-order chi connectivity index (χ0) is 26.0.